The number of benzene rings is 2. The van der Waals surface area contributed by atoms with E-state index in [-0.39, 0.29) is 17.9 Å². The topological polar surface area (TPSA) is 70.1 Å². The van der Waals surface area contributed by atoms with Crippen molar-refractivity contribution < 1.29 is 19.4 Å². The largest absolute Gasteiger partial charge is 0.444 e. The molecule has 3 aliphatic rings. The molecule has 1 N–H and O–H groups in total. The first-order valence-electron chi connectivity index (χ1n) is 12.4. The summed E-state index contributed by atoms with van der Waals surface area (Å²) in [7, 11) is 0. The van der Waals surface area contributed by atoms with Crippen LogP contribution in [0, 0.1) is 0 Å². The van der Waals surface area contributed by atoms with E-state index in [1.165, 1.54) is 0 Å². The fraction of sp³-hybridized carbons (Fsp3) is 0.500. The number of β-amino-alcohol motifs (C(OH)–C–C–N with tert-alkyl or cyclic N) is 1. The van der Waals surface area contributed by atoms with Crippen LogP contribution >= 0.6 is 11.6 Å². The number of aliphatic hydroxyl groups excluding tert-OH is 1. The minimum atomic E-state index is -0.911. The molecule has 35 heavy (non-hydrogen) atoms. The fourth-order valence-corrected chi connectivity index (χ4v) is 5.94. The molecule has 0 saturated heterocycles. The molecular formula is C28H33ClN2O4. The lowest BCUT2D eigenvalue weighted by Crippen LogP contribution is -2.58. The van der Waals surface area contributed by atoms with Crippen LogP contribution < -0.4 is 0 Å². The van der Waals surface area contributed by atoms with E-state index in [4.69, 9.17) is 16.3 Å². The van der Waals surface area contributed by atoms with Crippen molar-refractivity contribution in [2.45, 2.75) is 76.2 Å². The fourth-order valence-electron chi connectivity index (χ4n) is 5.77. The number of carbonyl (C=O) groups excluding carboxylic acids is 2. The van der Waals surface area contributed by atoms with Gasteiger partial charge in [0, 0.05) is 35.6 Å². The van der Waals surface area contributed by atoms with Gasteiger partial charge < -0.3 is 14.7 Å². The van der Waals surface area contributed by atoms with Crippen molar-refractivity contribution in [1.82, 2.24) is 9.80 Å². The maximum Gasteiger partial charge on any atom is 0.410 e. The summed E-state index contributed by atoms with van der Waals surface area (Å²) in [6.07, 6.45) is 2.27. The maximum atomic E-state index is 13.4. The molecular weight excluding hydrogens is 464 g/mol. The maximum absolute atomic E-state index is 13.4. The zero-order valence-corrected chi connectivity index (χ0v) is 21.3. The highest BCUT2D eigenvalue weighted by Crippen LogP contribution is 2.49. The molecule has 5 rings (SSSR count). The van der Waals surface area contributed by atoms with Gasteiger partial charge in [-0.05, 0) is 74.9 Å². The van der Waals surface area contributed by atoms with E-state index >= 15 is 0 Å². The zero-order valence-electron chi connectivity index (χ0n) is 20.6. The molecule has 1 spiro atoms. The zero-order chi connectivity index (χ0) is 25.0. The highest BCUT2D eigenvalue weighted by molar-refractivity contribution is 6.30. The number of ether oxygens (including phenoxy) is 1. The van der Waals surface area contributed by atoms with Gasteiger partial charge in [0.2, 0.25) is 0 Å². The second-order valence-electron chi connectivity index (χ2n) is 11.2. The third kappa shape index (κ3) is 4.54. The molecule has 1 saturated carbocycles. The van der Waals surface area contributed by atoms with E-state index in [1.54, 1.807) is 15.9 Å². The van der Waals surface area contributed by atoms with E-state index < -0.39 is 23.8 Å². The molecule has 1 fully saturated rings. The quantitative estimate of drug-likeness (QED) is 0.653. The van der Waals surface area contributed by atoms with Crippen molar-refractivity contribution >= 4 is 23.6 Å². The molecule has 2 aliphatic heterocycles. The van der Waals surface area contributed by atoms with Gasteiger partial charge in [0.05, 0.1) is 12.1 Å². The molecule has 0 aromatic heterocycles. The number of amides is 2. The van der Waals surface area contributed by atoms with Crippen LogP contribution in [-0.4, -0.2) is 57.7 Å². The van der Waals surface area contributed by atoms with E-state index in [9.17, 15) is 14.7 Å². The van der Waals surface area contributed by atoms with E-state index in [1.807, 2.05) is 57.2 Å². The van der Waals surface area contributed by atoms with E-state index in [2.05, 4.69) is 0 Å². The number of hydrogen-bond donors (Lipinski definition) is 1. The van der Waals surface area contributed by atoms with Crippen molar-refractivity contribution in [3.8, 4) is 0 Å². The van der Waals surface area contributed by atoms with Crippen LogP contribution in [0.1, 0.15) is 67.1 Å². The highest BCUT2D eigenvalue weighted by Gasteiger charge is 2.48. The Balaban J connectivity index is 1.41. The third-order valence-corrected chi connectivity index (χ3v) is 7.88. The van der Waals surface area contributed by atoms with Gasteiger partial charge >= 0.3 is 6.09 Å². The van der Waals surface area contributed by atoms with Crippen LogP contribution in [0.4, 0.5) is 4.79 Å². The van der Waals surface area contributed by atoms with Crippen LogP contribution in [0.2, 0.25) is 5.02 Å². The van der Waals surface area contributed by atoms with Crippen LogP contribution in [-0.2, 0) is 23.1 Å². The molecule has 0 radical (unpaired) electrons. The summed E-state index contributed by atoms with van der Waals surface area (Å²) >= 11 is 6.27. The highest BCUT2D eigenvalue weighted by atomic mass is 35.5. The van der Waals surface area contributed by atoms with Crippen LogP contribution in [0.15, 0.2) is 42.5 Å². The smallest absolute Gasteiger partial charge is 0.410 e. The number of carbonyl (C=O) groups is 2. The molecule has 2 atom stereocenters. The molecule has 2 heterocycles. The molecule has 6 nitrogen and oxygen atoms in total. The van der Waals surface area contributed by atoms with Gasteiger partial charge in [-0.1, -0.05) is 42.3 Å². The first-order valence-corrected chi connectivity index (χ1v) is 12.8. The van der Waals surface area contributed by atoms with E-state index in [0.29, 0.717) is 30.1 Å². The number of hydrogen-bond acceptors (Lipinski definition) is 4. The number of nitrogens with zero attached hydrogens (tertiary/aromatic N) is 2. The third-order valence-electron chi connectivity index (χ3n) is 7.64. The summed E-state index contributed by atoms with van der Waals surface area (Å²) in [6, 6.07) is 13.0. The van der Waals surface area contributed by atoms with Crippen LogP contribution in [0.5, 0.6) is 0 Å². The van der Waals surface area contributed by atoms with Crippen molar-refractivity contribution in [2.24, 2.45) is 0 Å². The monoisotopic (exact) mass is 496 g/mol. The summed E-state index contributed by atoms with van der Waals surface area (Å²) in [6.45, 7) is 6.60. The number of aliphatic hydroxyl groups is 1. The van der Waals surface area contributed by atoms with Crippen LogP contribution in [0.3, 0.4) is 0 Å². The Morgan fingerprint density at radius 2 is 1.91 bits per heavy atom. The molecule has 7 heteroatoms. The number of fused-ring (bicyclic) bond motifs is 3. The summed E-state index contributed by atoms with van der Waals surface area (Å²) in [5.74, 6) is -0.0896. The molecule has 1 aliphatic carbocycles. The average Bonchev–Trinajstić information content (AvgIpc) is 2.77. The minimum absolute atomic E-state index is 0.0896. The second-order valence-corrected chi connectivity index (χ2v) is 11.7. The van der Waals surface area contributed by atoms with Gasteiger partial charge in [0.1, 0.15) is 5.60 Å². The lowest BCUT2D eigenvalue weighted by atomic mass is 9.61. The van der Waals surface area contributed by atoms with Crippen LogP contribution in [0.25, 0.3) is 0 Å². The Hall–Kier alpha value is -2.57. The summed E-state index contributed by atoms with van der Waals surface area (Å²) in [5.41, 5.74) is 3.12. The normalized spacial score (nSPS) is 21.7. The predicted octanol–water partition coefficient (Wildman–Crippen LogP) is 4.94. The second kappa shape index (κ2) is 8.82. The van der Waals surface area contributed by atoms with Crippen molar-refractivity contribution in [3.63, 3.8) is 0 Å². The number of rotatable bonds is 3. The first-order chi connectivity index (χ1) is 16.6. The van der Waals surface area contributed by atoms with Crippen molar-refractivity contribution in [2.75, 3.05) is 13.1 Å². The Morgan fingerprint density at radius 1 is 1.20 bits per heavy atom. The molecule has 2 amide bonds. The lowest BCUT2D eigenvalue weighted by Gasteiger charge is -2.50. The molecule has 0 unspecified atom stereocenters. The molecule has 186 valence electrons. The molecule has 2 aromatic rings. The standard InChI is InChI=1S/C28H33ClN2O4/c1-27(2,3)35-26(34)31-15-19-8-5-4-7-18(19)13-23(31)24(32)16-30-17-28(11-6-12-28)22-14-20(29)9-10-21(22)25(30)33/h4-5,7-10,14,23-24,32H,6,11-13,15-17H2,1-3H3/t23-,24+/m0/s1. The van der Waals surface area contributed by atoms with Gasteiger partial charge in [0.15, 0.2) is 0 Å². The first kappa shape index (κ1) is 24.1. The average molecular weight is 497 g/mol. The van der Waals surface area contributed by atoms with Gasteiger partial charge in [-0.15, -0.1) is 0 Å². The van der Waals surface area contributed by atoms with Gasteiger partial charge in [-0.3, -0.25) is 9.69 Å². The number of halogens is 1. The Labute approximate surface area is 211 Å². The van der Waals surface area contributed by atoms with E-state index in [0.717, 1.165) is 36.0 Å². The Bertz CT molecular complexity index is 1150. The van der Waals surface area contributed by atoms with Gasteiger partial charge in [-0.25, -0.2) is 4.79 Å². The Kier molecular flexibility index (Phi) is 6.09. The SMILES string of the molecule is CC(C)(C)OC(=O)N1Cc2ccccc2C[C@H]1[C@H](O)CN1CC2(CCC2)c2cc(Cl)ccc2C1=O. The summed E-state index contributed by atoms with van der Waals surface area (Å²) < 4.78 is 5.68. The lowest BCUT2D eigenvalue weighted by molar-refractivity contribution is -0.0211. The molecule has 2 aromatic carbocycles. The summed E-state index contributed by atoms with van der Waals surface area (Å²) in [5, 5.41) is 12.1. The van der Waals surface area contributed by atoms with Gasteiger partial charge in [-0.2, -0.15) is 0 Å². The van der Waals surface area contributed by atoms with Gasteiger partial charge in [0.25, 0.3) is 5.91 Å². The van der Waals surface area contributed by atoms with Crippen molar-refractivity contribution in [1.29, 1.82) is 0 Å². The summed E-state index contributed by atoms with van der Waals surface area (Å²) in [4.78, 5) is 30.0. The van der Waals surface area contributed by atoms with Crippen molar-refractivity contribution in [3.05, 3.63) is 69.7 Å². The molecule has 0 bridgehead atoms. The Morgan fingerprint density at radius 3 is 2.57 bits per heavy atom. The minimum Gasteiger partial charge on any atom is -0.444 e. The predicted molar refractivity (Wildman–Crippen MR) is 135 cm³/mol.